The first-order chi connectivity index (χ1) is 13.1. The zero-order valence-electron chi connectivity index (χ0n) is 15.3. The highest BCUT2D eigenvalue weighted by Gasteiger charge is 2.47. The van der Waals surface area contributed by atoms with E-state index >= 15 is 0 Å². The molecule has 0 saturated carbocycles. The maximum absolute atomic E-state index is 12.9. The van der Waals surface area contributed by atoms with Gasteiger partial charge in [0, 0.05) is 31.1 Å². The summed E-state index contributed by atoms with van der Waals surface area (Å²) in [5.41, 5.74) is 1.94. The number of urea groups is 1. The third-order valence-corrected chi connectivity index (χ3v) is 7.67. The summed E-state index contributed by atoms with van der Waals surface area (Å²) in [6, 6.07) is 11.6. The number of rotatable bonds is 2. The highest BCUT2D eigenvalue weighted by molar-refractivity contribution is 8.00. The smallest absolute Gasteiger partial charge is 0.321 e. The van der Waals surface area contributed by atoms with Crippen LogP contribution in [0.4, 0.5) is 10.5 Å². The second-order valence-corrected chi connectivity index (χ2v) is 9.42. The minimum atomic E-state index is -0.165. The van der Waals surface area contributed by atoms with E-state index in [1.165, 1.54) is 11.3 Å². The van der Waals surface area contributed by atoms with E-state index in [9.17, 15) is 9.59 Å². The number of amides is 3. The van der Waals surface area contributed by atoms with Crippen molar-refractivity contribution < 1.29 is 9.59 Å². The molecule has 1 spiro atoms. The maximum atomic E-state index is 12.9. The number of thioether (sulfide) groups is 1. The lowest BCUT2D eigenvalue weighted by Gasteiger charge is -2.43. The number of benzene rings is 1. The Morgan fingerprint density at radius 2 is 1.93 bits per heavy atom. The zero-order valence-corrected chi connectivity index (χ0v) is 16.9. The Labute approximate surface area is 167 Å². The summed E-state index contributed by atoms with van der Waals surface area (Å²) in [6.45, 7) is 4.13. The van der Waals surface area contributed by atoms with E-state index in [0.717, 1.165) is 41.3 Å². The summed E-state index contributed by atoms with van der Waals surface area (Å²) in [7, 11) is 0. The van der Waals surface area contributed by atoms with Crippen LogP contribution in [0, 0.1) is 6.92 Å². The number of anilines is 1. The Bertz CT molecular complexity index is 830. The average Bonchev–Trinajstić information content (AvgIpc) is 3.32. The van der Waals surface area contributed by atoms with Crippen molar-refractivity contribution in [1.82, 2.24) is 9.80 Å². The lowest BCUT2D eigenvalue weighted by Crippen LogP contribution is -2.54. The van der Waals surface area contributed by atoms with Crippen molar-refractivity contribution in [2.75, 3.05) is 30.7 Å². The Balaban J connectivity index is 1.40. The number of nitrogens with one attached hydrogen (secondary N) is 1. The van der Waals surface area contributed by atoms with Gasteiger partial charge in [-0.15, -0.1) is 23.1 Å². The molecule has 3 heterocycles. The van der Waals surface area contributed by atoms with Crippen LogP contribution < -0.4 is 5.32 Å². The second-order valence-electron chi connectivity index (χ2n) is 7.02. The molecule has 0 unspecified atom stereocenters. The standard InChI is InChI=1S/C20H23N3O2S2/c1-15-4-2-5-16(14-15)21-19(25)22-9-7-20(8-10-22)23(11-13-27-20)18(24)17-6-3-12-26-17/h2-6,12,14H,7-11,13H2,1H3,(H,21,25). The largest absolute Gasteiger partial charge is 0.324 e. The molecule has 4 rings (SSSR count). The van der Waals surface area contributed by atoms with E-state index < -0.39 is 0 Å². The quantitative estimate of drug-likeness (QED) is 0.818. The Morgan fingerprint density at radius 1 is 1.11 bits per heavy atom. The van der Waals surface area contributed by atoms with Crippen LogP contribution in [0.2, 0.25) is 0 Å². The van der Waals surface area contributed by atoms with Crippen molar-refractivity contribution >= 4 is 40.7 Å². The number of nitrogens with zero attached hydrogens (tertiary/aromatic N) is 2. The van der Waals surface area contributed by atoms with Crippen LogP contribution in [-0.4, -0.2) is 52.0 Å². The molecule has 27 heavy (non-hydrogen) atoms. The number of hydrogen-bond acceptors (Lipinski definition) is 4. The summed E-state index contributed by atoms with van der Waals surface area (Å²) < 4.78 is 0. The predicted octanol–water partition coefficient (Wildman–Crippen LogP) is 4.27. The van der Waals surface area contributed by atoms with Crippen LogP contribution in [0.5, 0.6) is 0 Å². The van der Waals surface area contributed by atoms with Gasteiger partial charge >= 0.3 is 6.03 Å². The summed E-state index contributed by atoms with van der Waals surface area (Å²) in [4.78, 5) is 30.1. The molecular formula is C20H23N3O2S2. The molecule has 2 saturated heterocycles. The highest BCUT2D eigenvalue weighted by atomic mass is 32.2. The Kier molecular flexibility index (Phi) is 5.14. The number of thiophene rings is 1. The molecule has 2 aromatic rings. The molecule has 2 aliphatic heterocycles. The normalized spacial score (nSPS) is 18.7. The average molecular weight is 402 g/mol. The molecular weight excluding hydrogens is 378 g/mol. The fraction of sp³-hybridized carbons (Fsp3) is 0.400. The van der Waals surface area contributed by atoms with E-state index in [1.54, 1.807) is 0 Å². The number of aryl methyl sites for hydroxylation is 1. The van der Waals surface area contributed by atoms with Gasteiger partial charge in [0.15, 0.2) is 0 Å². The summed E-state index contributed by atoms with van der Waals surface area (Å²) >= 11 is 3.37. The van der Waals surface area contributed by atoms with E-state index in [1.807, 2.05) is 70.3 Å². The monoisotopic (exact) mass is 401 g/mol. The van der Waals surface area contributed by atoms with Gasteiger partial charge in [0.05, 0.1) is 9.75 Å². The van der Waals surface area contributed by atoms with Crippen LogP contribution in [0.1, 0.15) is 28.1 Å². The van der Waals surface area contributed by atoms with Gasteiger partial charge in [-0.1, -0.05) is 18.2 Å². The summed E-state index contributed by atoms with van der Waals surface area (Å²) in [6.07, 6.45) is 1.63. The molecule has 0 aliphatic carbocycles. The van der Waals surface area contributed by atoms with Gasteiger partial charge in [0.2, 0.25) is 0 Å². The molecule has 3 amide bonds. The minimum absolute atomic E-state index is 0.0606. The highest BCUT2D eigenvalue weighted by Crippen LogP contribution is 2.44. The van der Waals surface area contributed by atoms with Gasteiger partial charge in [-0.2, -0.15) is 0 Å². The molecule has 2 aliphatic rings. The number of piperidine rings is 1. The third kappa shape index (κ3) is 3.71. The first kappa shape index (κ1) is 18.4. The molecule has 7 heteroatoms. The molecule has 0 atom stereocenters. The number of likely N-dealkylation sites (tertiary alicyclic amines) is 1. The molecule has 1 N–H and O–H groups in total. The van der Waals surface area contributed by atoms with E-state index in [4.69, 9.17) is 0 Å². The second kappa shape index (κ2) is 7.56. The fourth-order valence-electron chi connectivity index (χ4n) is 3.83. The van der Waals surface area contributed by atoms with Gasteiger partial charge < -0.3 is 15.1 Å². The third-order valence-electron chi connectivity index (χ3n) is 5.26. The van der Waals surface area contributed by atoms with Gasteiger partial charge in [0.25, 0.3) is 5.91 Å². The first-order valence-corrected chi connectivity index (χ1v) is 11.1. The molecule has 1 aromatic carbocycles. The SMILES string of the molecule is Cc1cccc(NC(=O)N2CCC3(CC2)SCCN3C(=O)c2cccs2)c1. The molecule has 2 fully saturated rings. The first-order valence-electron chi connectivity index (χ1n) is 9.19. The van der Waals surface area contributed by atoms with Crippen LogP contribution in [0.25, 0.3) is 0 Å². The maximum Gasteiger partial charge on any atom is 0.321 e. The molecule has 142 valence electrons. The number of carbonyl (C=O) groups is 2. The van der Waals surface area contributed by atoms with Gasteiger partial charge in [-0.25, -0.2) is 4.79 Å². The van der Waals surface area contributed by atoms with Crippen LogP contribution in [0.15, 0.2) is 41.8 Å². The minimum Gasteiger partial charge on any atom is -0.324 e. The van der Waals surface area contributed by atoms with E-state index in [2.05, 4.69) is 5.32 Å². The fourth-order valence-corrected chi connectivity index (χ4v) is 5.95. The van der Waals surface area contributed by atoms with Crippen molar-refractivity contribution in [2.45, 2.75) is 24.6 Å². The van der Waals surface area contributed by atoms with Crippen molar-refractivity contribution in [3.8, 4) is 0 Å². The van der Waals surface area contributed by atoms with Gasteiger partial charge in [-0.05, 0) is 48.9 Å². The van der Waals surface area contributed by atoms with Crippen LogP contribution in [-0.2, 0) is 0 Å². The van der Waals surface area contributed by atoms with Crippen molar-refractivity contribution in [3.05, 3.63) is 52.2 Å². The zero-order chi connectivity index (χ0) is 18.9. The van der Waals surface area contributed by atoms with Gasteiger partial charge in [-0.3, -0.25) is 4.79 Å². The van der Waals surface area contributed by atoms with E-state index in [0.29, 0.717) is 13.1 Å². The molecule has 0 bridgehead atoms. The van der Waals surface area contributed by atoms with Gasteiger partial charge in [0.1, 0.15) is 0 Å². The predicted molar refractivity (Wildman–Crippen MR) is 112 cm³/mol. The number of hydrogen-bond donors (Lipinski definition) is 1. The Hall–Kier alpha value is -1.99. The van der Waals surface area contributed by atoms with Crippen LogP contribution >= 0.6 is 23.1 Å². The van der Waals surface area contributed by atoms with Crippen molar-refractivity contribution in [2.24, 2.45) is 0 Å². The molecule has 0 radical (unpaired) electrons. The Morgan fingerprint density at radius 3 is 2.63 bits per heavy atom. The van der Waals surface area contributed by atoms with Crippen LogP contribution in [0.3, 0.4) is 0 Å². The number of carbonyl (C=O) groups excluding carboxylic acids is 2. The summed E-state index contributed by atoms with van der Waals surface area (Å²) in [5, 5.41) is 4.93. The topological polar surface area (TPSA) is 52.7 Å². The molecule has 1 aromatic heterocycles. The lowest BCUT2D eigenvalue weighted by molar-refractivity contribution is 0.0590. The lowest BCUT2D eigenvalue weighted by atomic mass is 10.0. The summed E-state index contributed by atoms with van der Waals surface area (Å²) in [5.74, 6) is 1.10. The van der Waals surface area contributed by atoms with Crippen molar-refractivity contribution in [1.29, 1.82) is 0 Å². The van der Waals surface area contributed by atoms with Crippen molar-refractivity contribution in [3.63, 3.8) is 0 Å². The van der Waals surface area contributed by atoms with E-state index in [-0.39, 0.29) is 16.8 Å². The molecule has 5 nitrogen and oxygen atoms in total.